The minimum atomic E-state index is -0.767. The van der Waals surface area contributed by atoms with E-state index in [4.69, 9.17) is 0 Å². The molecule has 68 valence electrons. The number of nitrogens with zero attached hydrogens (tertiary/aromatic N) is 1. The van der Waals surface area contributed by atoms with Gasteiger partial charge in [0.15, 0.2) is 5.72 Å². The molecule has 3 unspecified atom stereocenters. The fraction of sp³-hybridized carbons (Fsp3) is 0.900. The van der Waals surface area contributed by atoms with E-state index in [1.165, 1.54) is 19.3 Å². The Kier molecular flexibility index (Phi) is 1.95. The molecule has 2 aliphatic rings. The Morgan fingerprint density at radius 3 is 2.92 bits per heavy atom. The SMILES string of the molecule is C=NC1(O)CCC2CCCC1C2. The molecule has 2 rings (SSSR count). The standard InChI is InChI=1S/C10H17NO/c1-11-10(12)6-5-8-3-2-4-9(10)7-8/h8-9,12H,1-7H2. The van der Waals surface area contributed by atoms with Crippen molar-refractivity contribution in [3.05, 3.63) is 0 Å². The fourth-order valence-electron chi connectivity index (χ4n) is 2.80. The number of hydrogen-bond donors (Lipinski definition) is 1. The molecule has 12 heavy (non-hydrogen) atoms. The Labute approximate surface area is 73.7 Å². The summed E-state index contributed by atoms with van der Waals surface area (Å²) in [5, 5.41) is 10.1. The predicted molar refractivity (Wildman–Crippen MR) is 49.2 cm³/mol. The zero-order chi connectivity index (χ0) is 8.60. The van der Waals surface area contributed by atoms with E-state index in [2.05, 4.69) is 11.7 Å². The van der Waals surface area contributed by atoms with Gasteiger partial charge in [-0.2, -0.15) is 0 Å². The van der Waals surface area contributed by atoms with Crippen molar-refractivity contribution >= 4 is 6.72 Å². The maximum absolute atomic E-state index is 10.1. The Bertz CT molecular complexity index is 192. The van der Waals surface area contributed by atoms with Crippen molar-refractivity contribution < 1.29 is 5.11 Å². The predicted octanol–water partition coefficient (Wildman–Crippen LogP) is 1.98. The number of hydrogen-bond acceptors (Lipinski definition) is 2. The van der Waals surface area contributed by atoms with Crippen LogP contribution < -0.4 is 0 Å². The van der Waals surface area contributed by atoms with E-state index in [-0.39, 0.29) is 0 Å². The molecule has 2 fully saturated rings. The van der Waals surface area contributed by atoms with Gasteiger partial charge < -0.3 is 5.11 Å². The van der Waals surface area contributed by atoms with Crippen LogP contribution in [-0.2, 0) is 0 Å². The molecule has 2 aliphatic carbocycles. The third-order valence-corrected chi connectivity index (χ3v) is 3.63. The lowest BCUT2D eigenvalue weighted by Gasteiger charge is -2.43. The van der Waals surface area contributed by atoms with Crippen molar-refractivity contribution in [3.63, 3.8) is 0 Å². The molecule has 0 aromatic carbocycles. The quantitative estimate of drug-likeness (QED) is 0.595. The molecule has 0 amide bonds. The second kappa shape index (κ2) is 2.84. The summed E-state index contributed by atoms with van der Waals surface area (Å²) in [6.45, 7) is 3.50. The lowest BCUT2D eigenvalue weighted by molar-refractivity contribution is -0.0708. The maximum atomic E-state index is 10.1. The fourth-order valence-corrected chi connectivity index (χ4v) is 2.80. The average molecular weight is 167 g/mol. The monoisotopic (exact) mass is 167 g/mol. The molecule has 3 atom stereocenters. The first-order chi connectivity index (χ1) is 5.74. The van der Waals surface area contributed by atoms with Gasteiger partial charge in [0, 0.05) is 5.92 Å². The van der Waals surface area contributed by atoms with E-state index in [0.717, 1.165) is 25.2 Å². The first-order valence-electron chi connectivity index (χ1n) is 4.95. The Morgan fingerprint density at radius 1 is 1.33 bits per heavy atom. The molecule has 0 saturated heterocycles. The summed E-state index contributed by atoms with van der Waals surface area (Å²) in [4.78, 5) is 3.91. The van der Waals surface area contributed by atoms with Crippen LogP contribution in [0, 0.1) is 11.8 Å². The average Bonchev–Trinajstić information content (AvgIpc) is 2.13. The molecule has 0 aromatic heterocycles. The van der Waals surface area contributed by atoms with Gasteiger partial charge in [-0.15, -0.1) is 0 Å². The topological polar surface area (TPSA) is 32.6 Å². The van der Waals surface area contributed by atoms with Crippen LogP contribution in [0.1, 0.15) is 38.5 Å². The molecule has 0 spiro atoms. The van der Waals surface area contributed by atoms with Gasteiger partial charge in [-0.3, -0.25) is 4.99 Å². The van der Waals surface area contributed by atoms with Gasteiger partial charge in [0.25, 0.3) is 0 Å². The smallest absolute Gasteiger partial charge is 0.157 e. The van der Waals surface area contributed by atoms with Crippen LogP contribution in [0.3, 0.4) is 0 Å². The number of aliphatic hydroxyl groups is 1. The van der Waals surface area contributed by atoms with Crippen molar-refractivity contribution in [2.45, 2.75) is 44.2 Å². The van der Waals surface area contributed by atoms with Gasteiger partial charge >= 0.3 is 0 Å². The van der Waals surface area contributed by atoms with Crippen LogP contribution in [0.2, 0.25) is 0 Å². The first kappa shape index (κ1) is 8.24. The molecule has 2 bridgehead atoms. The van der Waals surface area contributed by atoms with Crippen LogP contribution in [-0.4, -0.2) is 17.5 Å². The van der Waals surface area contributed by atoms with Crippen molar-refractivity contribution in [2.75, 3.05) is 0 Å². The second-order valence-corrected chi connectivity index (χ2v) is 4.30. The van der Waals surface area contributed by atoms with E-state index in [1.54, 1.807) is 0 Å². The van der Waals surface area contributed by atoms with Gasteiger partial charge in [0.1, 0.15) is 0 Å². The van der Waals surface area contributed by atoms with Gasteiger partial charge in [0.2, 0.25) is 0 Å². The minimum Gasteiger partial charge on any atom is -0.369 e. The van der Waals surface area contributed by atoms with Crippen molar-refractivity contribution in [3.8, 4) is 0 Å². The first-order valence-corrected chi connectivity index (χ1v) is 4.95. The van der Waals surface area contributed by atoms with Crippen LogP contribution in [0.15, 0.2) is 4.99 Å². The largest absolute Gasteiger partial charge is 0.369 e. The van der Waals surface area contributed by atoms with Gasteiger partial charge in [-0.05, 0) is 38.3 Å². The minimum absolute atomic E-state index is 0.405. The van der Waals surface area contributed by atoms with Gasteiger partial charge in [-0.25, -0.2) is 0 Å². The van der Waals surface area contributed by atoms with Gasteiger partial charge in [0.05, 0.1) is 0 Å². The summed E-state index contributed by atoms with van der Waals surface area (Å²) >= 11 is 0. The van der Waals surface area contributed by atoms with E-state index >= 15 is 0 Å². The molecular weight excluding hydrogens is 150 g/mol. The lowest BCUT2D eigenvalue weighted by atomic mass is 9.68. The van der Waals surface area contributed by atoms with Crippen LogP contribution in [0.4, 0.5) is 0 Å². The van der Waals surface area contributed by atoms with Crippen molar-refractivity contribution in [1.82, 2.24) is 0 Å². The molecule has 0 heterocycles. The number of rotatable bonds is 1. The van der Waals surface area contributed by atoms with Crippen LogP contribution in [0.5, 0.6) is 0 Å². The maximum Gasteiger partial charge on any atom is 0.157 e. The lowest BCUT2D eigenvalue weighted by Crippen LogP contribution is -2.43. The molecule has 0 aromatic rings. The Morgan fingerprint density at radius 2 is 2.17 bits per heavy atom. The Balaban J connectivity index is 2.13. The highest BCUT2D eigenvalue weighted by Gasteiger charge is 2.42. The third kappa shape index (κ3) is 1.18. The van der Waals surface area contributed by atoms with Gasteiger partial charge in [-0.1, -0.05) is 12.8 Å². The normalized spacial score (nSPS) is 47.1. The highest BCUT2D eigenvalue weighted by molar-refractivity contribution is 5.25. The third-order valence-electron chi connectivity index (χ3n) is 3.63. The molecule has 2 nitrogen and oxygen atoms in total. The summed E-state index contributed by atoms with van der Waals surface area (Å²) in [6.07, 6.45) is 6.94. The van der Waals surface area contributed by atoms with Crippen LogP contribution in [0.25, 0.3) is 0 Å². The summed E-state index contributed by atoms with van der Waals surface area (Å²) in [7, 11) is 0. The molecule has 0 radical (unpaired) electrons. The zero-order valence-corrected chi connectivity index (χ0v) is 7.50. The van der Waals surface area contributed by atoms with Crippen molar-refractivity contribution in [2.24, 2.45) is 16.8 Å². The summed E-state index contributed by atoms with van der Waals surface area (Å²) in [5.74, 6) is 1.27. The summed E-state index contributed by atoms with van der Waals surface area (Å²) in [5.41, 5.74) is -0.767. The number of aliphatic imine (C=N–C) groups is 1. The molecule has 2 saturated carbocycles. The van der Waals surface area contributed by atoms with E-state index in [0.29, 0.717) is 5.92 Å². The van der Waals surface area contributed by atoms with E-state index < -0.39 is 5.72 Å². The van der Waals surface area contributed by atoms with Crippen molar-refractivity contribution in [1.29, 1.82) is 0 Å². The molecular formula is C10H17NO. The van der Waals surface area contributed by atoms with E-state index in [1.807, 2.05) is 0 Å². The highest BCUT2D eigenvalue weighted by atomic mass is 16.3. The Hall–Kier alpha value is -0.370. The highest BCUT2D eigenvalue weighted by Crippen LogP contribution is 2.45. The zero-order valence-electron chi connectivity index (χ0n) is 7.50. The van der Waals surface area contributed by atoms with Crippen LogP contribution >= 0.6 is 0 Å². The number of fused-ring (bicyclic) bond motifs is 2. The molecule has 1 N–H and O–H groups in total. The van der Waals surface area contributed by atoms with E-state index in [9.17, 15) is 5.11 Å². The second-order valence-electron chi connectivity index (χ2n) is 4.30. The summed E-state index contributed by atoms with van der Waals surface area (Å²) in [6, 6.07) is 0. The molecule has 2 heteroatoms. The summed E-state index contributed by atoms with van der Waals surface area (Å²) < 4.78 is 0. The molecule has 0 aliphatic heterocycles.